The summed E-state index contributed by atoms with van der Waals surface area (Å²) in [5.74, 6) is -1.87. The van der Waals surface area contributed by atoms with Crippen molar-refractivity contribution in [3.05, 3.63) is 38.3 Å². The van der Waals surface area contributed by atoms with Gasteiger partial charge in [0.25, 0.3) is 5.69 Å². The van der Waals surface area contributed by atoms with Gasteiger partial charge in [0, 0.05) is 13.1 Å². The first-order chi connectivity index (χ1) is 9.34. The van der Waals surface area contributed by atoms with Gasteiger partial charge >= 0.3 is 17.8 Å². The molecule has 0 aliphatic carbocycles. The minimum atomic E-state index is -0.948. The van der Waals surface area contributed by atoms with E-state index in [4.69, 9.17) is 0 Å². The van der Waals surface area contributed by atoms with Crippen LogP contribution in [0.3, 0.4) is 0 Å². The van der Waals surface area contributed by atoms with Crippen LogP contribution in [-0.4, -0.2) is 39.6 Å². The average molecular weight is 342 g/mol. The molecule has 0 bridgehead atoms. The normalized spacial score (nSPS) is 15.2. The van der Waals surface area contributed by atoms with Gasteiger partial charge < -0.3 is 0 Å². The van der Waals surface area contributed by atoms with Crippen LogP contribution >= 0.6 is 15.9 Å². The molecule has 1 saturated heterocycles. The molecule has 20 heavy (non-hydrogen) atoms. The second-order valence-corrected chi connectivity index (χ2v) is 4.84. The Bertz CT molecular complexity index is 645. The molecule has 1 aromatic carbocycles. The number of imide groups is 2. The molecule has 0 atom stereocenters. The highest BCUT2D eigenvalue weighted by Gasteiger charge is 2.42. The van der Waals surface area contributed by atoms with Gasteiger partial charge in [-0.1, -0.05) is 12.1 Å². The van der Waals surface area contributed by atoms with E-state index in [0.29, 0.717) is 10.5 Å². The van der Waals surface area contributed by atoms with E-state index >= 15 is 0 Å². The standard InChI is InChI=1S/C11H8BrN3O5/c1-13-9(16)10(17)14(11(13)18)5-6-3-2-4-7(8(6)12)15(19)20/h2-4H,5H2,1H3. The smallest absolute Gasteiger partial charge is 0.263 e. The van der Waals surface area contributed by atoms with Crippen LogP contribution in [0.5, 0.6) is 0 Å². The molecule has 0 aromatic heterocycles. The van der Waals surface area contributed by atoms with Crippen molar-refractivity contribution in [2.24, 2.45) is 0 Å². The number of carbonyl (C=O) groups is 3. The molecule has 104 valence electrons. The molecule has 0 unspecified atom stereocenters. The summed E-state index contributed by atoms with van der Waals surface area (Å²) in [7, 11) is 1.20. The van der Waals surface area contributed by atoms with E-state index in [2.05, 4.69) is 15.9 Å². The number of nitrogens with zero attached hydrogens (tertiary/aromatic N) is 3. The number of rotatable bonds is 3. The lowest BCUT2D eigenvalue weighted by molar-refractivity contribution is -0.385. The quantitative estimate of drug-likeness (QED) is 0.356. The summed E-state index contributed by atoms with van der Waals surface area (Å²) in [5.41, 5.74) is 0.185. The van der Waals surface area contributed by atoms with Gasteiger partial charge in [-0.05, 0) is 21.5 Å². The number of hydrogen-bond donors (Lipinski definition) is 0. The maximum Gasteiger partial charge on any atom is 0.334 e. The van der Waals surface area contributed by atoms with E-state index in [0.717, 1.165) is 4.90 Å². The number of likely N-dealkylation sites (N-methyl/N-ethyl adjacent to an activating group) is 1. The predicted octanol–water partition coefficient (Wildman–Crippen LogP) is 1.28. The Hall–Kier alpha value is -2.29. The second-order valence-electron chi connectivity index (χ2n) is 4.05. The molecular weight excluding hydrogens is 334 g/mol. The van der Waals surface area contributed by atoms with E-state index < -0.39 is 22.8 Å². The third kappa shape index (κ3) is 2.16. The van der Waals surface area contributed by atoms with E-state index in [1.165, 1.54) is 25.2 Å². The number of benzene rings is 1. The van der Waals surface area contributed by atoms with Gasteiger partial charge in [-0.3, -0.25) is 29.5 Å². The topological polar surface area (TPSA) is 101 Å². The van der Waals surface area contributed by atoms with Gasteiger partial charge in [0.05, 0.1) is 11.5 Å². The van der Waals surface area contributed by atoms with Crippen LogP contribution in [0.2, 0.25) is 0 Å². The Labute approximate surface area is 121 Å². The molecule has 9 heteroatoms. The maximum absolute atomic E-state index is 11.7. The predicted molar refractivity (Wildman–Crippen MR) is 69.5 cm³/mol. The van der Waals surface area contributed by atoms with Crippen LogP contribution < -0.4 is 0 Å². The minimum absolute atomic E-state index is 0.174. The highest BCUT2D eigenvalue weighted by molar-refractivity contribution is 9.10. The SMILES string of the molecule is CN1C(=O)C(=O)N(Cc2cccc([N+](=O)[O-])c2Br)C1=O. The minimum Gasteiger partial charge on any atom is -0.263 e. The largest absolute Gasteiger partial charge is 0.334 e. The van der Waals surface area contributed by atoms with Gasteiger partial charge in [0.1, 0.15) is 4.47 Å². The Morgan fingerprint density at radius 1 is 1.25 bits per heavy atom. The molecule has 1 aliphatic rings. The van der Waals surface area contributed by atoms with Gasteiger partial charge in [-0.25, -0.2) is 4.79 Å². The zero-order valence-electron chi connectivity index (χ0n) is 10.2. The maximum atomic E-state index is 11.7. The lowest BCUT2D eigenvalue weighted by atomic mass is 10.2. The molecule has 0 saturated carbocycles. The Kier molecular flexibility index (Phi) is 3.53. The zero-order valence-corrected chi connectivity index (χ0v) is 11.8. The molecule has 4 amide bonds. The lowest BCUT2D eigenvalue weighted by Crippen LogP contribution is -2.31. The number of hydrogen-bond acceptors (Lipinski definition) is 5. The van der Waals surface area contributed by atoms with Crippen molar-refractivity contribution in [1.29, 1.82) is 0 Å². The number of amides is 4. The molecule has 1 heterocycles. The van der Waals surface area contributed by atoms with Gasteiger partial charge in [0.15, 0.2) is 0 Å². The van der Waals surface area contributed by atoms with Crippen molar-refractivity contribution in [2.45, 2.75) is 6.54 Å². The number of nitro groups is 1. The molecule has 1 aliphatic heterocycles. The fourth-order valence-electron chi connectivity index (χ4n) is 1.75. The Morgan fingerprint density at radius 2 is 1.90 bits per heavy atom. The third-order valence-corrected chi connectivity index (χ3v) is 3.75. The fourth-order valence-corrected chi connectivity index (χ4v) is 2.29. The summed E-state index contributed by atoms with van der Waals surface area (Å²) in [6.07, 6.45) is 0. The number of halogens is 1. The summed E-state index contributed by atoms with van der Waals surface area (Å²) in [6, 6.07) is 3.51. The van der Waals surface area contributed by atoms with Crippen molar-refractivity contribution >= 4 is 39.5 Å². The average Bonchev–Trinajstić information content (AvgIpc) is 2.58. The molecule has 8 nitrogen and oxygen atoms in total. The van der Waals surface area contributed by atoms with Gasteiger partial charge in [-0.2, -0.15) is 0 Å². The Balaban J connectivity index is 2.34. The van der Waals surface area contributed by atoms with Crippen LogP contribution in [-0.2, 0) is 16.1 Å². The van der Waals surface area contributed by atoms with Crippen molar-refractivity contribution < 1.29 is 19.3 Å². The number of carbonyl (C=O) groups excluding carboxylic acids is 3. The monoisotopic (exact) mass is 341 g/mol. The first kappa shape index (κ1) is 14.1. The van der Waals surface area contributed by atoms with Crippen molar-refractivity contribution in [3.8, 4) is 0 Å². The van der Waals surface area contributed by atoms with E-state index in [1.54, 1.807) is 0 Å². The van der Waals surface area contributed by atoms with Crippen LogP contribution in [0.25, 0.3) is 0 Å². The first-order valence-electron chi connectivity index (χ1n) is 5.40. The summed E-state index contributed by atoms with van der Waals surface area (Å²) in [6.45, 7) is -0.212. The van der Waals surface area contributed by atoms with Gasteiger partial charge in [-0.15, -0.1) is 0 Å². The molecule has 1 aromatic rings. The lowest BCUT2D eigenvalue weighted by Gasteiger charge is -2.13. The molecular formula is C11H8BrN3O5. The van der Waals surface area contributed by atoms with Crippen LogP contribution in [0.1, 0.15) is 5.56 Å². The van der Waals surface area contributed by atoms with Crippen LogP contribution in [0, 0.1) is 10.1 Å². The summed E-state index contributed by atoms with van der Waals surface area (Å²) >= 11 is 3.07. The van der Waals surface area contributed by atoms with Crippen molar-refractivity contribution in [2.75, 3.05) is 7.05 Å². The molecule has 0 radical (unpaired) electrons. The summed E-state index contributed by atoms with van der Waals surface area (Å²) in [4.78, 5) is 46.4. The molecule has 1 fully saturated rings. The van der Waals surface area contributed by atoms with Crippen LogP contribution in [0.15, 0.2) is 22.7 Å². The van der Waals surface area contributed by atoms with E-state index in [1.807, 2.05) is 0 Å². The molecule has 2 rings (SSSR count). The summed E-state index contributed by atoms with van der Waals surface area (Å²) in [5, 5.41) is 10.8. The van der Waals surface area contributed by atoms with Crippen LogP contribution in [0.4, 0.5) is 10.5 Å². The van der Waals surface area contributed by atoms with Crippen molar-refractivity contribution in [1.82, 2.24) is 9.80 Å². The molecule has 0 N–H and O–H groups in total. The fraction of sp³-hybridized carbons (Fsp3) is 0.182. The highest BCUT2D eigenvalue weighted by atomic mass is 79.9. The van der Waals surface area contributed by atoms with Crippen molar-refractivity contribution in [3.63, 3.8) is 0 Å². The zero-order chi connectivity index (χ0) is 15.0. The summed E-state index contributed by atoms with van der Waals surface area (Å²) < 4.78 is 0.174. The number of urea groups is 1. The van der Waals surface area contributed by atoms with E-state index in [-0.39, 0.29) is 16.7 Å². The molecule has 0 spiro atoms. The third-order valence-electron chi connectivity index (χ3n) is 2.83. The van der Waals surface area contributed by atoms with E-state index in [9.17, 15) is 24.5 Å². The first-order valence-corrected chi connectivity index (χ1v) is 6.19. The van der Waals surface area contributed by atoms with Gasteiger partial charge in [0.2, 0.25) is 0 Å². The number of nitro benzene ring substituents is 1. The Morgan fingerprint density at radius 3 is 2.40 bits per heavy atom. The highest BCUT2D eigenvalue weighted by Crippen LogP contribution is 2.29. The second kappa shape index (κ2) is 5.00.